The monoisotopic (exact) mass is 987 g/mol. The summed E-state index contributed by atoms with van der Waals surface area (Å²) in [5, 5.41) is 0. The minimum absolute atomic E-state index is 0.0205. The predicted molar refractivity (Wildman–Crippen MR) is 294 cm³/mol. The first-order chi connectivity index (χ1) is 31.3. The maximum absolute atomic E-state index is 6.81. The van der Waals surface area contributed by atoms with Crippen LogP contribution < -0.4 is 18.1 Å². The summed E-state index contributed by atoms with van der Waals surface area (Å²) in [5.41, 5.74) is 8.55. The van der Waals surface area contributed by atoms with Gasteiger partial charge in [-0.3, -0.25) is 9.05 Å². The van der Waals surface area contributed by atoms with Gasteiger partial charge in [-0.2, -0.15) is 0 Å². The molecule has 0 bridgehead atoms. The summed E-state index contributed by atoms with van der Waals surface area (Å²) in [7, 11) is -3.80. The third-order valence-electron chi connectivity index (χ3n) is 12.2. The van der Waals surface area contributed by atoms with E-state index in [9.17, 15) is 0 Å². The average molecular weight is 987 g/mol. The fourth-order valence-corrected chi connectivity index (χ4v) is 9.57. The molecule has 0 spiro atoms. The minimum atomic E-state index is -1.90. The molecule has 4 rings (SSSR count). The zero-order valence-corrected chi connectivity index (χ0v) is 49.3. The van der Waals surface area contributed by atoms with Crippen LogP contribution in [0.4, 0.5) is 0 Å². The summed E-state index contributed by atoms with van der Waals surface area (Å²) >= 11 is 0. The van der Waals surface area contributed by atoms with Crippen molar-refractivity contribution in [3.63, 3.8) is 0 Å². The van der Waals surface area contributed by atoms with Crippen molar-refractivity contribution >= 4 is 17.2 Å². The van der Waals surface area contributed by atoms with Gasteiger partial charge < -0.3 is 22.8 Å². The van der Waals surface area contributed by atoms with Crippen LogP contribution in [0.25, 0.3) is 0 Å². The molecule has 0 unspecified atom stereocenters. The lowest BCUT2D eigenvalue weighted by atomic mass is 9.80. The van der Waals surface area contributed by atoms with E-state index in [-0.39, 0.29) is 56.5 Å². The van der Waals surface area contributed by atoms with Crippen molar-refractivity contribution in [3.8, 4) is 23.0 Å². The van der Waals surface area contributed by atoms with Gasteiger partial charge in [0.15, 0.2) is 0 Å². The maximum atomic E-state index is 6.81. The van der Waals surface area contributed by atoms with Gasteiger partial charge in [0.1, 0.15) is 23.0 Å². The molecule has 0 atom stereocenters. The summed E-state index contributed by atoms with van der Waals surface area (Å²) in [5.74, 6) is 2.99. The van der Waals surface area contributed by atoms with Crippen LogP contribution in [-0.2, 0) is 57.1 Å². The second-order valence-electron chi connectivity index (χ2n) is 26.9. The highest BCUT2D eigenvalue weighted by Crippen LogP contribution is 2.50. The summed E-state index contributed by atoms with van der Waals surface area (Å²) in [6, 6.07) is 25.9. The van der Waals surface area contributed by atoms with Gasteiger partial charge in [0.05, 0.1) is 26.4 Å². The van der Waals surface area contributed by atoms with E-state index >= 15 is 0 Å². The molecule has 0 aliphatic carbocycles. The Morgan fingerprint density at radius 2 is 0.478 bits per heavy atom. The van der Waals surface area contributed by atoms with Gasteiger partial charge in [0.25, 0.3) is 0 Å². The van der Waals surface area contributed by atoms with Crippen molar-refractivity contribution in [3.05, 3.63) is 117 Å². The van der Waals surface area contributed by atoms with Crippen molar-refractivity contribution in [2.24, 2.45) is 0 Å². The number of benzene rings is 4. The highest BCUT2D eigenvalue weighted by Gasteiger charge is 2.32. The first-order valence-electron chi connectivity index (χ1n) is 25.0. The van der Waals surface area contributed by atoms with Crippen LogP contribution in [0.5, 0.6) is 23.0 Å². The van der Waals surface area contributed by atoms with Crippen molar-refractivity contribution in [2.45, 2.75) is 209 Å². The molecule has 0 saturated heterocycles. The van der Waals surface area contributed by atoms with Crippen LogP contribution in [0.15, 0.2) is 72.8 Å². The van der Waals surface area contributed by atoms with E-state index in [1.807, 2.05) is 0 Å². The molecular weight excluding hydrogens is 895 g/mol. The smallest absolute Gasteiger partial charge is 0.417 e. The van der Waals surface area contributed by atoms with E-state index in [1.54, 1.807) is 0 Å². The SMILES string of the molecule is CC(C)(C)c1ccc(OP(OCCOCCOP(Oc2ccc(C(C)(C)C)cc2C(C)(C)C)Oc2ccc(C(C)(C)C)cc2C(C)(C)C)Oc2ccc(C(C)(C)C)cc2C(C)(C)C)c(C(C)(C)C)c1. The Morgan fingerprint density at radius 3 is 0.652 bits per heavy atom. The zero-order chi connectivity index (χ0) is 52.3. The van der Waals surface area contributed by atoms with E-state index in [2.05, 4.69) is 239 Å². The molecule has 0 heterocycles. The standard InChI is InChI=1S/C60H92O7P2/c1-53(2,3)41-25-29-49(45(37-41)57(13,14)15)64-68(65-50-30-26-42(54(4,5)6)38-46(50)58(16,17)18)62-35-33-61-34-36-63-69(66-51-31-27-43(55(7,8)9)39-47(51)59(19,20)21)67-52-32-28-44(56(10,11)12)40-48(52)60(22,23)24/h25-32,37-40H,33-36H2,1-24H3. The molecule has 0 N–H and O–H groups in total. The summed E-state index contributed by atoms with van der Waals surface area (Å²) in [6.45, 7) is 54.5. The Labute approximate surface area is 423 Å². The molecule has 0 aromatic heterocycles. The number of hydrogen-bond donors (Lipinski definition) is 0. The van der Waals surface area contributed by atoms with E-state index in [1.165, 1.54) is 22.3 Å². The zero-order valence-electron chi connectivity index (χ0n) is 47.5. The third kappa shape index (κ3) is 17.0. The quantitative estimate of drug-likeness (QED) is 0.0818. The molecule has 384 valence electrons. The molecule has 0 aliphatic heterocycles. The summed E-state index contributed by atoms with van der Waals surface area (Å²) < 4.78 is 46.5. The van der Waals surface area contributed by atoms with Gasteiger partial charge in [-0.05, 0) is 89.8 Å². The molecule has 4 aromatic carbocycles. The Bertz CT molecular complexity index is 1990. The molecule has 0 radical (unpaired) electrons. The first kappa shape index (κ1) is 58.4. The topological polar surface area (TPSA) is 64.6 Å². The van der Waals surface area contributed by atoms with Crippen LogP contribution in [0.3, 0.4) is 0 Å². The predicted octanol–water partition coefficient (Wildman–Crippen LogP) is 18.2. The molecule has 9 heteroatoms. The molecule has 0 aliphatic rings. The van der Waals surface area contributed by atoms with E-state index in [4.69, 9.17) is 31.9 Å². The van der Waals surface area contributed by atoms with E-state index < -0.39 is 17.2 Å². The molecule has 7 nitrogen and oxygen atoms in total. The van der Waals surface area contributed by atoms with Crippen LogP contribution in [0, 0.1) is 0 Å². The molecule has 4 aromatic rings. The van der Waals surface area contributed by atoms with Gasteiger partial charge in [-0.1, -0.05) is 215 Å². The van der Waals surface area contributed by atoms with Crippen molar-refractivity contribution in [1.82, 2.24) is 0 Å². The van der Waals surface area contributed by atoms with Crippen LogP contribution in [0.2, 0.25) is 0 Å². The molecule has 69 heavy (non-hydrogen) atoms. The largest absolute Gasteiger partial charge is 0.463 e. The minimum Gasteiger partial charge on any atom is -0.417 e. The number of rotatable bonds is 16. The van der Waals surface area contributed by atoms with Crippen LogP contribution in [0.1, 0.15) is 211 Å². The Morgan fingerprint density at radius 1 is 0.275 bits per heavy atom. The second-order valence-corrected chi connectivity index (χ2v) is 29.1. The average Bonchev–Trinajstić information content (AvgIpc) is 3.17. The first-order valence-corrected chi connectivity index (χ1v) is 27.2. The lowest BCUT2D eigenvalue weighted by molar-refractivity contribution is 0.0716. The number of ether oxygens (including phenoxy) is 1. The van der Waals surface area contributed by atoms with Crippen molar-refractivity contribution in [2.75, 3.05) is 26.4 Å². The van der Waals surface area contributed by atoms with Crippen molar-refractivity contribution in [1.29, 1.82) is 0 Å². The number of hydrogen-bond acceptors (Lipinski definition) is 7. The fourth-order valence-electron chi connectivity index (χ4n) is 7.56. The molecule has 0 saturated carbocycles. The lowest BCUT2D eigenvalue weighted by Gasteiger charge is -2.30. The van der Waals surface area contributed by atoms with Crippen molar-refractivity contribution < 1.29 is 31.9 Å². The fraction of sp³-hybridized carbons (Fsp3) is 0.600. The van der Waals surface area contributed by atoms with Crippen LogP contribution >= 0.6 is 17.2 Å². The van der Waals surface area contributed by atoms with Crippen LogP contribution in [-0.4, -0.2) is 26.4 Å². The summed E-state index contributed by atoms with van der Waals surface area (Å²) in [6.07, 6.45) is 0. The highest BCUT2D eigenvalue weighted by atomic mass is 31.2. The molecular formula is C60H92O7P2. The van der Waals surface area contributed by atoms with Gasteiger partial charge in [0.2, 0.25) is 0 Å². The molecule has 0 amide bonds. The maximum Gasteiger partial charge on any atom is 0.463 e. The van der Waals surface area contributed by atoms with Gasteiger partial charge in [-0.15, -0.1) is 0 Å². The second kappa shape index (κ2) is 21.9. The third-order valence-corrected chi connectivity index (χ3v) is 14.3. The lowest BCUT2D eigenvalue weighted by Crippen LogP contribution is -2.19. The van der Waals surface area contributed by atoms with Gasteiger partial charge in [-0.25, -0.2) is 0 Å². The Hall–Kier alpha value is -3.18. The Kier molecular flexibility index (Phi) is 18.5. The van der Waals surface area contributed by atoms with E-state index in [0.717, 1.165) is 45.3 Å². The normalized spacial score (nSPS) is 13.6. The van der Waals surface area contributed by atoms with E-state index in [0.29, 0.717) is 13.2 Å². The summed E-state index contributed by atoms with van der Waals surface area (Å²) in [4.78, 5) is 0. The Balaban J connectivity index is 1.60. The van der Waals surface area contributed by atoms with Gasteiger partial charge >= 0.3 is 17.2 Å². The molecule has 0 fully saturated rings. The van der Waals surface area contributed by atoms with Gasteiger partial charge in [0, 0.05) is 22.3 Å². The highest BCUT2D eigenvalue weighted by molar-refractivity contribution is 7.42.